The summed E-state index contributed by atoms with van der Waals surface area (Å²) < 4.78 is 5.35. The number of ether oxygens (including phenoxy) is 1. The van der Waals surface area contributed by atoms with Gasteiger partial charge in [-0.1, -0.05) is 11.8 Å². The molecule has 2 unspecified atom stereocenters. The molecule has 2 atom stereocenters. The number of H-pyrrole nitrogens is 1. The minimum atomic E-state index is -0.540. The molecule has 1 N–H and O–H groups in total. The first-order valence-corrected chi connectivity index (χ1v) is 9.01. The van der Waals surface area contributed by atoms with Crippen molar-refractivity contribution in [3.63, 3.8) is 0 Å². The van der Waals surface area contributed by atoms with Gasteiger partial charge in [0.1, 0.15) is 18.8 Å². The predicted molar refractivity (Wildman–Crippen MR) is 95.8 cm³/mol. The van der Waals surface area contributed by atoms with Gasteiger partial charge in [-0.2, -0.15) is 5.10 Å². The second kappa shape index (κ2) is 8.16. The fourth-order valence-electron chi connectivity index (χ4n) is 2.90. The molecule has 1 aliphatic heterocycles. The lowest BCUT2D eigenvalue weighted by molar-refractivity contribution is -0.384. The topological polar surface area (TPSA) is 131 Å². The highest BCUT2D eigenvalue weighted by Gasteiger charge is 2.39. The number of nitro groups is 1. The van der Waals surface area contributed by atoms with E-state index in [9.17, 15) is 19.7 Å². The Hall–Kier alpha value is -2.95. The van der Waals surface area contributed by atoms with Gasteiger partial charge in [0.2, 0.25) is 0 Å². The van der Waals surface area contributed by atoms with E-state index < -0.39 is 11.0 Å². The average molecular weight is 391 g/mol. The van der Waals surface area contributed by atoms with E-state index in [-0.39, 0.29) is 28.7 Å². The summed E-state index contributed by atoms with van der Waals surface area (Å²) in [6.07, 6.45) is 1.38. The number of non-ortho nitro benzene ring substituents is 1. The third-order valence-corrected chi connectivity index (χ3v) is 5.10. The lowest BCUT2D eigenvalue weighted by Gasteiger charge is -2.22. The lowest BCUT2D eigenvalue weighted by Crippen LogP contribution is -2.32. The number of thioether (sulfide) groups is 1. The number of rotatable bonds is 5. The number of likely N-dealkylation sites (tertiary alicyclic amines) is 1. The van der Waals surface area contributed by atoms with Crippen LogP contribution in [0.4, 0.5) is 10.5 Å². The molecule has 0 aliphatic carbocycles. The Morgan fingerprint density at radius 1 is 1.41 bits per heavy atom. The van der Waals surface area contributed by atoms with Crippen molar-refractivity contribution in [2.45, 2.75) is 31.2 Å². The normalized spacial score (nSPS) is 19.1. The van der Waals surface area contributed by atoms with Crippen molar-refractivity contribution in [1.29, 1.82) is 0 Å². The second-order valence-electron chi connectivity index (χ2n) is 5.98. The van der Waals surface area contributed by atoms with Crippen LogP contribution in [-0.4, -0.2) is 48.0 Å². The first-order valence-electron chi connectivity index (χ1n) is 8.13. The van der Waals surface area contributed by atoms with Gasteiger partial charge in [-0.25, -0.2) is 9.78 Å². The number of hydrogen-bond acceptors (Lipinski definition) is 8. The quantitative estimate of drug-likeness (QED) is 0.607. The molecule has 1 saturated heterocycles. The highest BCUT2D eigenvalue weighted by atomic mass is 32.2. The van der Waals surface area contributed by atoms with Crippen molar-refractivity contribution in [2.75, 3.05) is 6.54 Å². The molecular formula is C16H17N5O5S. The van der Waals surface area contributed by atoms with Crippen molar-refractivity contribution >= 4 is 28.7 Å². The van der Waals surface area contributed by atoms with Crippen LogP contribution in [0.5, 0.6) is 0 Å². The van der Waals surface area contributed by atoms with Gasteiger partial charge in [0.15, 0.2) is 5.12 Å². The van der Waals surface area contributed by atoms with Gasteiger partial charge in [-0.05, 0) is 24.1 Å². The molecule has 27 heavy (non-hydrogen) atoms. The van der Waals surface area contributed by atoms with Crippen LogP contribution in [0.2, 0.25) is 0 Å². The summed E-state index contributed by atoms with van der Waals surface area (Å²) in [7, 11) is 0. The fourth-order valence-corrected chi connectivity index (χ4v) is 3.88. The highest BCUT2D eigenvalue weighted by molar-refractivity contribution is 8.14. The Morgan fingerprint density at radius 2 is 2.15 bits per heavy atom. The molecule has 1 aromatic carbocycles. The third-order valence-electron chi connectivity index (χ3n) is 4.09. The van der Waals surface area contributed by atoms with E-state index in [1.807, 2.05) is 0 Å². The Morgan fingerprint density at radius 3 is 2.74 bits per heavy atom. The van der Waals surface area contributed by atoms with E-state index in [0.29, 0.717) is 24.4 Å². The number of nitro benzene ring substituents is 1. The number of aromatic amines is 1. The summed E-state index contributed by atoms with van der Waals surface area (Å²) in [4.78, 5) is 39.8. The first kappa shape index (κ1) is 18.8. The van der Waals surface area contributed by atoms with Crippen LogP contribution in [0, 0.1) is 10.1 Å². The van der Waals surface area contributed by atoms with Crippen LogP contribution in [-0.2, 0) is 16.1 Å². The largest absolute Gasteiger partial charge is 0.445 e. The van der Waals surface area contributed by atoms with E-state index >= 15 is 0 Å². The Bertz CT molecular complexity index is 826. The molecule has 1 amide bonds. The maximum Gasteiger partial charge on any atom is 0.410 e. The van der Waals surface area contributed by atoms with Gasteiger partial charge in [0.05, 0.1) is 11.0 Å². The Kier molecular flexibility index (Phi) is 5.69. The molecule has 1 aliphatic rings. The molecule has 2 aromatic rings. The van der Waals surface area contributed by atoms with E-state index in [0.717, 1.165) is 0 Å². The molecule has 3 rings (SSSR count). The number of nitrogens with zero attached hydrogens (tertiary/aromatic N) is 4. The third kappa shape index (κ3) is 4.61. The van der Waals surface area contributed by atoms with Gasteiger partial charge in [-0.3, -0.25) is 24.9 Å². The average Bonchev–Trinajstić information content (AvgIpc) is 3.29. The summed E-state index contributed by atoms with van der Waals surface area (Å²) in [5.41, 5.74) is 0.609. The highest BCUT2D eigenvalue weighted by Crippen LogP contribution is 2.36. The summed E-state index contributed by atoms with van der Waals surface area (Å²) in [6.45, 7) is 1.83. The van der Waals surface area contributed by atoms with Crippen LogP contribution in [0.15, 0.2) is 30.6 Å². The van der Waals surface area contributed by atoms with Crippen molar-refractivity contribution < 1.29 is 19.2 Å². The number of aromatic nitrogens is 3. The Labute approximate surface area is 158 Å². The van der Waals surface area contributed by atoms with Crippen molar-refractivity contribution in [2.24, 2.45) is 0 Å². The van der Waals surface area contributed by atoms with Crippen molar-refractivity contribution in [3.05, 3.63) is 52.1 Å². The molecule has 0 radical (unpaired) electrons. The summed E-state index contributed by atoms with van der Waals surface area (Å²) in [5.74, 6) is 0.536. The molecular weight excluding hydrogens is 374 g/mol. The second-order valence-corrected chi connectivity index (χ2v) is 7.46. The maximum atomic E-state index is 12.6. The predicted octanol–water partition coefficient (Wildman–Crippen LogP) is 2.44. The molecule has 11 heteroatoms. The zero-order valence-corrected chi connectivity index (χ0v) is 15.2. The minimum absolute atomic E-state index is 0.0129. The molecule has 1 fully saturated rings. The van der Waals surface area contributed by atoms with Crippen LogP contribution in [0.3, 0.4) is 0 Å². The monoisotopic (exact) mass is 391 g/mol. The molecule has 10 nitrogen and oxygen atoms in total. The molecule has 2 heterocycles. The molecule has 1 aromatic heterocycles. The van der Waals surface area contributed by atoms with E-state index in [1.54, 1.807) is 0 Å². The Balaban J connectivity index is 1.65. The van der Waals surface area contributed by atoms with Gasteiger partial charge in [-0.15, -0.1) is 0 Å². The minimum Gasteiger partial charge on any atom is -0.445 e. The summed E-state index contributed by atoms with van der Waals surface area (Å²) in [5, 5.41) is 17.2. The van der Waals surface area contributed by atoms with Crippen molar-refractivity contribution in [3.8, 4) is 0 Å². The fraction of sp³-hybridized carbons (Fsp3) is 0.375. The lowest BCUT2D eigenvalue weighted by atomic mass is 10.2. The standard InChI is InChI=1S/C16H17N5O5S/c1-10(22)27-13-6-14(15-17-9-18-19-15)20(7-13)16(23)26-8-11-2-4-12(5-3-11)21(24)25/h2-5,9,13-14H,6-8H2,1H3,(H,17,18,19). The maximum absolute atomic E-state index is 12.6. The van der Waals surface area contributed by atoms with E-state index in [2.05, 4.69) is 15.2 Å². The zero-order chi connectivity index (χ0) is 19.4. The van der Waals surface area contributed by atoms with Crippen LogP contribution in [0.25, 0.3) is 0 Å². The number of nitrogens with one attached hydrogen (secondary N) is 1. The number of carbonyl (C=O) groups excluding carboxylic acids is 2. The smallest absolute Gasteiger partial charge is 0.410 e. The summed E-state index contributed by atoms with van der Waals surface area (Å²) >= 11 is 1.19. The zero-order valence-electron chi connectivity index (χ0n) is 14.4. The van der Waals surface area contributed by atoms with Gasteiger partial charge < -0.3 is 4.74 Å². The van der Waals surface area contributed by atoms with Crippen LogP contribution < -0.4 is 0 Å². The number of hydrogen-bond donors (Lipinski definition) is 1. The molecule has 0 bridgehead atoms. The van der Waals surface area contributed by atoms with E-state index in [4.69, 9.17) is 4.74 Å². The molecule has 0 saturated carbocycles. The SMILES string of the molecule is CC(=O)SC1CC(c2ncn[nH]2)N(C(=O)OCc2ccc([N+](=O)[O-])cc2)C1. The van der Waals surface area contributed by atoms with Gasteiger partial charge in [0.25, 0.3) is 5.69 Å². The van der Waals surface area contributed by atoms with E-state index in [1.165, 1.54) is 54.2 Å². The van der Waals surface area contributed by atoms with Gasteiger partial charge in [0, 0.05) is 30.9 Å². The van der Waals surface area contributed by atoms with Crippen LogP contribution >= 0.6 is 11.8 Å². The number of carbonyl (C=O) groups is 2. The molecule has 0 spiro atoms. The summed E-state index contributed by atoms with van der Waals surface area (Å²) in [6, 6.07) is 5.44. The number of amides is 1. The molecule has 142 valence electrons. The van der Waals surface area contributed by atoms with Crippen LogP contribution in [0.1, 0.15) is 30.8 Å². The number of benzene rings is 1. The van der Waals surface area contributed by atoms with Crippen molar-refractivity contribution in [1.82, 2.24) is 20.1 Å². The first-order chi connectivity index (χ1) is 12.9. The van der Waals surface area contributed by atoms with Gasteiger partial charge >= 0.3 is 6.09 Å².